The Hall–Kier alpha value is -2.77. The van der Waals surface area contributed by atoms with Crippen molar-refractivity contribution >= 4 is 46.6 Å². The van der Waals surface area contributed by atoms with Gasteiger partial charge in [0.1, 0.15) is 5.82 Å². The molecule has 7 nitrogen and oxygen atoms in total. The minimum atomic E-state index is -0.116. The van der Waals surface area contributed by atoms with Gasteiger partial charge in [0, 0.05) is 48.2 Å². The van der Waals surface area contributed by atoms with Gasteiger partial charge in [-0.3, -0.25) is 4.90 Å². The second kappa shape index (κ2) is 6.93. The smallest absolute Gasteiger partial charge is 0.323 e. The van der Waals surface area contributed by atoms with Crippen LogP contribution in [0, 0.1) is 6.92 Å². The van der Waals surface area contributed by atoms with Gasteiger partial charge in [0.2, 0.25) is 0 Å². The van der Waals surface area contributed by atoms with E-state index in [1.54, 1.807) is 11.0 Å². The van der Waals surface area contributed by atoms with Crippen molar-refractivity contribution in [2.45, 2.75) is 13.3 Å². The molecule has 2 aromatic heterocycles. The fourth-order valence-corrected chi connectivity index (χ4v) is 4.39. The molecule has 0 saturated carbocycles. The van der Waals surface area contributed by atoms with Crippen LogP contribution in [0.3, 0.4) is 0 Å². The third-order valence-electron chi connectivity index (χ3n) is 5.20. The normalized spacial score (nSPS) is 15.8. The molecule has 0 unspecified atom stereocenters. The zero-order valence-corrected chi connectivity index (χ0v) is 17.2. The SMILES string of the molecule is Cc1cc(-n2ccc(N3CCNC3=O)n2)c2c(n1)N(c1ccc(Cl)cc1Cl)CC2. The monoisotopic (exact) mass is 428 g/mol. The molecule has 0 aliphatic carbocycles. The van der Waals surface area contributed by atoms with Crippen LogP contribution in [0.5, 0.6) is 0 Å². The number of aromatic nitrogens is 3. The first kappa shape index (κ1) is 18.3. The van der Waals surface area contributed by atoms with Crippen LogP contribution in [-0.4, -0.2) is 40.4 Å². The number of amides is 2. The van der Waals surface area contributed by atoms with Gasteiger partial charge >= 0.3 is 6.03 Å². The predicted molar refractivity (Wildman–Crippen MR) is 114 cm³/mol. The highest BCUT2D eigenvalue weighted by molar-refractivity contribution is 6.36. The Morgan fingerprint density at radius 2 is 1.93 bits per heavy atom. The molecule has 0 atom stereocenters. The average Bonchev–Trinajstić information content (AvgIpc) is 3.40. The molecule has 0 radical (unpaired) electrons. The van der Waals surface area contributed by atoms with Gasteiger partial charge in [0.15, 0.2) is 5.82 Å². The summed E-state index contributed by atoms with van der Waals surface area (Å²) in [5.41, 5.74) is 3.83. The molecule has 1 N–H and O–H groups in total. The lowest BCUT2D eigenvalue weighted by Crippen LogP contribution is -2.28. The lowest BCUT2D eigenvalue weighted by Gasteiger charge is -2.21. The molecule has 0 spiro atoms. The molecule has 148 valence electrons. The minimum Gasteiger partial charge on any atom is -0.336 e. The summed E-state index contributed by atoms with van der Waals surface area (Å²) in [5, 5.41) is 8.65. The zero-order valence-electron chi connectivity index (χ0n) is 15.7. The van der Waals surface area contributed by atoms with Gasteiger partial charge in [-0.25, -0.2) is 14.5 Å². The number of hydrogen-bond acceptors (Lipinski definition) is 4. The van der Waals surface area contributed by atoms with E-state index in [9.17, 15) is 4.79 Å². The highest BCUT2D eigenvalue weighted by Gasteiger charge is 2.28. The van der Waals surface area contributed by atoms with E-state index in [1.807, 2.05) is 42.1 Å². The van der Waals surface area contributed by atoms with E-state index >= 15 is 0 Å². The lowest BCUT2D eigenvalue weighted by atomic mass is 10.1. The average molecular weight is 429 g/mol. The maximum Gasteiger partial charge on any atom is 0.323 e. The maximum atomic E-state index is 11.9. The first-order chi connectivity index (χ1) is 14.0. The van der Waals surface area contributed by atoms with Crippen molar-refractivity contribution < 1.29 is 4.79 Å². The van der Waals surface area contributed by atoms with Crippen LogP contribution in [0.2, 0.25) is 10.0 Å². The van der Waals surface area contributed by atoms with Crippen LogP contribution in [0.25, 0.3) is 5.69 Å². The van der Waals surface area contributed by atoms with Gasteiger partial charge in [-0.1, -0.05) is 23.2 Å². The Balaban J connectivity index is 1.56. The number of fused-ring (bicyclic) bond motifs is 1. The summed E-state index contributed by atoms with van der Waals surface area (Å²) < 4.78 is 1.82. The van der Waals surface area contributed by atoms with E-state index in [2.05, 4.69) is 15.3 Å². The number of hydrogen-bond donors (Lipinski definition) is 1. The molecule has 0 bridgehead atoms. The van der Waals surface area contributed by atoms with Gasteiger partial charge in [0.25, 0.3) is 0 Å². The summed E-state index contributed by atoms with van der Waals surface area (Å²) in [6.45, 7) is 3.98. The third-order valence-corrected chi connectivity index (χ3v) is 5.74. The van der Waals surface area contributed by atoms with Gasteiger partial charge in [0.05, 0.1) is 16.4 Å². The molecule has 2 amide bonds. The highest BCUT2D eigenvalue weighted by Crippen LogP contribution is 2.40. The molecule has 29 heavy (non-hydrogen) atoms. The number of halogens is 2. The second-order valence-electron chi connectivity index (χ2n) is 7.08. The Bertz CT molecular complexity index is 1130. The molecule has 3 aromatic rings. The summed E-state index contributed by atoms with van der Waals surface area (Å²) in [6.07, 6.45) is 2.70. The van der Waals surface area contributed by atoms with E-state index in [0.29, 0.717) is 29.0 Å². The zero-order chi connectivity index (χ0) is 20.1. The summed E-state index contributed by atoms with van der Waals surface area (Å²) >= 11 is 12.5. The first-order valence-corrected chi connectivity index (χ1v) is 10.1. The molecule has 5 rings (SSSR count). The van der Waals surface area contributed by atoms with Crippen molar-refractivity contribution in [2.24, 2.45) is 0 Å². The Labute approximate surface area is 177 Å². The number of benzene rings is 1. The molecular formula is C20H18Cl2N6O. The summed E-state index contributed by atoms with van der Waals surface area (Å²) in [5.74, 6) is 1.51. The Kier molecular flexibility index (Phi) is 4.37. The molecule has 1 fully saturated rings. The number of nitrogens with zero attached hydrogens (tertiary/aromatic N) is 5. The van der Waals surface area contributed by atoms with Crippen molar-refractivity contribution in [3.05, 3.63) is 57.8 Å². The lowest BCUT2D eigenvalue weighted by molar-refractivity contribution is 0.252. The molecule has 2 aliphatic rings. The number of urea groups is 1. The first-order valence-electron chi connectivity index (χ1n) is 9.36. The molecular weight excluding hydrogens is 411 g/mol. The Morgan fingerprint density at radius 3 is 2.69 bits per heavy atom. The van der Waals surface area contributed by atoms with Gasteiger partial charge < -0.3 is 10.2 Å². The standard InChI is InChI=1S/C20H18Cl2N6O/c1-12-10-17(28-8-5-18(25-28)27-9-6-23-20(27)29)14-4-7-26(19(14)24-12)16-3-2-13(21)11-15(16)22/h2-3,5,8,10-11H,4,6-7,9H2,1H3,(H,23,29). The number of nitrogens with one attached hydrogen (secondary N) is 1. The summed E-state index contributed by atoms with van der Waals surface area (Å²) in [6, 6.07) is 9.26. The summed E-state index contributed by atoms with van der Waals surface area (Å²) in [7, 11) is 0. The van der Waals surface area contributed by atoms with Crippen molar-refractivity contribution in [2.75, 3.05) is 29.4 Å². The van der Waals surface area contributed by atoms with E-state index in [1.165, 1.54) is 0 Å². The fraction of sp³-hybridized carbons (Fsp3) is 0.250. The van der Waals surface area contributed by atoms with E-state index < -0.39 is 0 Å². The van der Waals surface area contributed by atoms with Crippen LogP contribution in [0.4, 0.5) is 22.1 Å². The third kappa shape index (κ3) is 3.10. The largest absolute Gasteiger partial charge is 0.336 e. The maximum absolute atomic E-state index is 11.9. The van der Waals surface area contributed by atoms with Gasteiger partial charge in [-0.15, -0.1) is 5.10 Å². The van der Waals surface area contributed by atoms with Crippen LogP contribution >= 0.6 is 23.2 Å². The predicted octanol–water partition coefficient (Wildman–Crippen LogP) is 4.11. The van der Waals surface area contributed by atoms with E-state index in [-0.39, 0.29) is 6.03 Å². The Morgan fingerprint density at radius 1 is 1.07 bits per heavy atom. The van der Waals surface area contributed by atoms with E-state index in [0.717, 1.165) is 41.4 Å². The molecule has 9 heteroatoms. The molecule has 1 saturated heterocycles. The number of rotatable bonds is 3. The quantitative estimate of drug-likeness (QED) is 0.681. The minimum absolute atomic E-state index is 0.116. The van der Waals surface area contributed by atoms with Crippen molar-refractivity contribution in [3.63, 3.8) is 0 Å². The van der Waals surface area contributed by atoms with Gasteiger partial charge in [-0.05, 0) is 37.6 Å². The molecule has 4 heterocycles. The van der Waals surface area contributed by atoms with E-state index in [4.69, 9.17) is 28.2 Å². The number of pyridine rings is 1. The van der Waals surface area contributed by atoms with Crippen molar-refractivity contribution in [1.29, 1.82) is 0 Å². The van der Waals surface area contributed by atoms with Crippen molar-refractivity contribution in [1.82, 2.24) is 20.1 Å². The van der Waals surface area contributed by atoms with Gasteiger partial charge in [-0.2, -0.15) is 0 Å². The van der Waals surface area contributed by atoms with Crippen LogP contribution < -0.4 is 15.1 Å². The van der Waals surface area contributed by atoms with Crippen molar-refractivity contribution in [3.8, 4) is 5.69 Å². The highest BCUT2D eigenvalue weighted by atomic mass is 35.5. The van der Waals surface area contributed by atoms with Crippen LogP contribution in [-0.2, 0) is 6.42 Å². The topological polar surface area (TPSA) is 66.3 Å². The molecule has 2 aliphatic heterocycles. The number of anilines is 3. The van der Waals surface area contributed by atoms with Crippen LogP contribution in [0.1, 0.15) is 11.3 Å². The fourth-order valence-electron chi connectivity index (χ4n) is 3.88. The number of aryl methyl sites for hydroxylation is 1. The van der Waals surface area contributed by atoms with Crippen LogP contribution in [0.15, 0.2) is 36.5 Å². The summed E-state index contributed by atoms with van der Waals surface area (Å²) in [4.78, 5) is 20.5. The number of carbonyl (C=O) groups excluding carboxylic acids is 1. The number of carbonyl (C=O) groups is 1. The second-order valence-corrected chi connectivity index (χ2v) is 7.93. The molecule has 1 aromatic carbocycles.